The monoisotopic (exact) mass is 301 g/mol. The highest BCUT2D eigenvalue weighted by molar-refractivity contribution is 5.82. The van der Waals surface area contributed by atoms with Gasteiger partial charge in [-0.3, -0.25) is 9.71 Å². The fourth-order valence-electron chi connectivity index (χ4n) is 1.54. The van der Waals surface area contributed by atoms with Crippen LogP contribution in [0.3, 0.4) is 0 Å². The van der Waals surface area contributed by atoms with Crippen LogP contribution in [-0.4, -0.2) is 42.6 Å². The molecule has 0 radical (unpaired) electrons. The maximum atomic E-state index is 12.6. The number of nitrogens with one attached hydrogen (secondary N) is 1. The first-order valence-electron chi connectivity index (χ1n) is 6.35. The van der Waals surface area contributed by atoms with Gasteiger partial charge in [-0.2, -0.15) is 9.97 Å². The molecular weight excluding hydrogens is 281 g/mol. The molecule has 1 amide bonds. The van der Waals surface area contributed by atoms with Crippen LogP contribution in [0.1, 0.15) is 26.3 Å². The summed E-state index contributed by atoms with van der Waals surface area (Å²) in [7, 11) is 2.78. The lowest BCUT2D eigenvalue weighted by Crippen LogP contribution is -2.28. The van der Waals surface area contributed by atoms with Gasteiger partial charge in [0.1, 0.15) is 5.60 Å². The van der Waals surface area contributed by atoms with Crippen molar-refractivity contribution in [3.63, 3.8) is 0 Å². The number of ether oxygens (including phenoxy) is 3. The Balaban J connectivity index is 3.01. The standard InChI is InChI=1S/C13H20FN3O4/c1-13(2,3)21-12(18)17-11-15-9(19-4)8(6-7-14)10(16-11)20-5/h6-7H2,1-5H3,(H,15,16,17,18). The first kappa shape index (κ1) is 16.9. The fourth-order valence-corrected chi connectivity index (χ4v) is 1.54. The van der Waals surface area contributed by atoms with Gasteiger partial charge in [0.25, 0.3) is 0 Å². The van der Waals surface area contributed by atoms with Crippen molar-refractivity contribution >= 4 is 12.0 Å². The zero-order valence-corrected chi connectivity index (χ0v) is 12.8. The maximum absolute atomic E-state index is 12.6. The van der Waals surface area contributed by atoms with Gasteiger partial charge in [-0.15, -0.1) is 0 Å². The lowest BCUT2D eigenvalue weighted by Gasteiger charge is -2.19. The lowest BCUT2D eigenvalue weighted by molar-refractivity contribution is 0.0634. The van der Waals surface area contributed by atoms with Crippen LogP contribution in [-0.2, 0) is 11.2 Å². The third-order valence-corrected chi connectivity index (χ3v) is 2.28. The van der Waals surface area contributed by atoms with E-state index >= 15 is 0 Å². The van der Waals surface area contributed by atoms with Gasteiger partial charge in [-0.1, -0.05) is 0 Å². The highest BCUT2D eigenvalue weighted by atomic mass is 19.1. The number of hydrogen-bond donors (Lipinski definition) is 1. The zero-order chi connectivity index (χ0) is 16.0. The molecule has 0 atom stereocenters. The first-order valence-corrected chi connectivity index (χ1v) is 6.35. The molecule has 0 fully saturated rings. The summed E-state index contributed by atoms with van der Waals surface area (Å²) in [5.41, 5.74) is -0.246. The Morgan fingerprint density at radius 3 is 2.10 bits per heavy atom. The van der Waals surface area contributed by atoms with E-state index in [1.54, 1.807) is 20.8 Å². The average molecular weight is 301 g/mol. The van der Waals surface area contributed by atoms with Crippen molar-refractivity contribution in [2.75, 3.05) is 26.2 Å². The van der Waals surface area contributed by atoms with Crippen LogP contribution >= 0.6 is 0 Å². The van der Waals surface area contributed by atoms with E-state index in [2.05, 4.69) is 15.3 Å². The van der Waals surface area contributed by atoms with E-state index in [4.69, 9.17) is 14.2 Å². The van der Waals surface area contributed by atoms with Gasteiger partial charge in [0, 0.05) is 6.42 Å². The molecule has 0 unspecified atom stereocenters. The molecule has 0 saturated carbocycles. The number of alkyl halides is 1. The minimum absolute atomic E-state index is 0.0411. The molecule has 1 aromatic rings. The van der Waals surface area contributed by atoms with E-state index in [0.29, 0.717) is 5.56 Å². The largest absolute Gasteiger partial charge is 0.481 e. The molecule has 0 aliphatic heterocycles. The molecule has 0 spiro atoms. The number of carbonyl (C=O) groups is 1. The summed E-state index contributed by atoms with van der Waals surface area (Å²) in [6, 6.07) is 0. The van der Waals surface area contributed by atoms with E-state index in [0.717, 1.165) is 0 Å². The molecule has 8 heteroatoms. The minimum Gasteiger partial charge on any atom is -0.481 e. The molecule has 1 heterocycles. The molecule has 7 nitrogen and oxygen atoms in total. The second kappa shape index (κ2) is 7.05. The second-order valence-electron chi connectivity index (χ2n) is 5.11. The van der Waals surface area contributed by atoms with Crippen molar-refractivity contribution in [3.8, 4) is 11.8 Å². The van der Waals surface area contributed by atoms with Gasteiger partial charge in [0.2, 0.25) is 17.7 Å². The van der Waals surface area contributed by atoms with Crippen LogP contribution in [0.2, 0.25) is 0 Å². The van der Waals surface area contributed by atoms with Gasteiger partial charge in [0.05, 0.1) is 26.5 Å². The Morgan fingerprint density at radius 2 is 1.71 bits per heavy atom. The van der Waals surface area contributed by atoms with E-state index in [-0.39, 0.29) is 24.1 Å². The summed E-state index contributed by atoms with van der Waals surface area (Å²) >= 11 is 0. The van der Waals surface area contributed by atoms with Crippen LogP contribution in [0.4, 0.5) is 15.1 Å². The third kappa shape index (κ3) is 5.05. The topological polar surface area (TPSA) is 82.6 Å². The SMILES string of the molecule is COc1nc(NC(=O)OC(C)(C)C)nc(OC)c1CCF. The summed E-state index contributed by atoms with van der Waals surface area (Å²) in [4.78, 5) is 19.7. The van der Waals surface area contributed by atoms with Gasteiger partial charge in [0.15, 0.2) is 0 Å². The van der Waals surface area contributed by atoms with Gasteiger partial charge in [-0.05, 0) is 20.8 Å². The number of aromatic nitrogens is 2. The molecule has 0 saturated heterocycles. The molecule has 1 N–H and O–H groups in total. The Bertz CT molecular complexity index is 478. The Morgan fingerprint density at radius 1 is 1.19 bits per heavy atom. The van der Waals surface area contributed by atoms with Crippen molar-refractivity contribution in [2.24, 2.45) is 0 Å². The van der Waals surface area contributed by atoms with Crippen molar-refractivity contribution < 1.29 is 23.4 Å². The second-order valence-corrected chi connectivity index (χ2v) is 5.11. The normalized spacial score (nSPS) is 11.0. The molecule has 0 aliphatic rings. The van der Waals surface area contributed by atoms with Crippen LogP contribution < -0.4 is 14.8 Å². The van der Waals surface area contributed by atoms with Crippen molar-refractivity contribution in [1.82, 2.24) is 9.97 Å². The number of hydrogen-bond acceptors (Lipinski definition) is 6. The average Bonchev–Trinajstić information content (AvgIpc) is 2.37. The number of anilines is 1. The van der Waals surface area contributed by atoms with Crippen LogP contribution in [0.15, 0.2) is 0 Å². The quantitative estimate of drug-likeness (QED) is 0.899. The fraction of sp³-hybridized carbons (Fsp3) is 0.615. The Kier molecular flexibility index (Phi) is 5.69. The molecule has 118 valence electrons. The smallest absolute Gasteiger partial charge is 0.414 e. The number of rotatable bonds is 5. The third-order valence-electron chi connectivity index (χ3n) is 2.28. The van der Waals surface area contributed by atoms with Crippen LogP contribution in [0.5, 0.6) is 11.8 Å². The summed E-state index contributed by atoms with van der Waals surface area (Å²) in [5, 5.41) is 2.38. The molecule has 1 rings (SSSR count). The molecular formula is C13H20FN3O4. The number of carbonyl (C=O) groups excluding carboxylic acids is 1. The van der Waals surface area contributed by atoms with Gasteiger partial charge in [-0.25, -0.2) is 4.79 Å². The predicted octanol–water partition coefficient (Wildman–Crippen LogP) is 2.35. The van der Waals surface area contributed by atoms with Crippen LogP contribution in [0, 0.1) is 0 Å². The van der Waals surface area contributed by atoms with Crippen LogP contribution in [0.25, 0.3) is 0 Å². The molecule has 1 aromatic heterocycles. The van der Waals surface area contributed by atoms with Gasteiger partial charge >= 0.3 is 6.09 Å². The number of nitrogens with zero attached hydrogens (tertiary/aromatic N) is 2. The van der Waals surface area contributed by atoms with E-state index in [1.165, 1.54) is 14.2 Å². The summed E-state index contributed by atoms with van der Waals surface area (Å²) in [5.74, 6) is 0.247. The zero-order valence-electron chi connectivity index (χ0n) is 12.8. The number of methoxy groups -OCH3 is 2. The number of halogens is 1. The molecule has 0 aromatic carbocycles. The minimum atomic E-state index is -0.704. The predicted molar refractivity (Wildman–Crippen MR) is 74.7 cm³/mol. The number of amides is 1. The molecule has 21 heavy (non-hydrogen) atoms. The van der Waals surface area contributed by atoms with E-state index in [1.807, 2.05) is 0 Å². The van der Waals surface area contributed by atoms with E-state index < -0.39 is 18.4 Å². The van der Waals surface area contributed by atoms with E-state index in [9.17, 15) is 9.18 Å². The summed E-state index contributed by atoms with van der Waals surface area (Å²) < 4.78 is 27.8. The summed E-state index contributed by atoms with van der Waals surface area (Å²) in [6.07, 6.45) is -0.649. The molecule has 0 bridgehead atoms. The first-order chi connectivity index (χ1) is 9.80. The maximum Gasteiger partial charge on any atom is 0.414 e. The Hall–Kier alpha value is -2.12. The van der Waals surface area contributed by atoms with Crippen molar-refractivity contribution in [3.05, 3.63) is 5.56 Å². The molecule has 0 aliphatic carbocycles. The highest BCUT2D eigenvalue weighted by Crippen LogP contribution is 2.27. The summed E-state index contributed by atoms with van der Waals surface area (Å²) in [6.45, 7) is 4.60. The van der Waals surface area contributed by atoms with Crippen molar-refractivity contribution in [2.45, 2.75) is 32.8 Å². The lowest BCUT2D eigenvalue weighted by atomic mass is 10.2. The highest BCUT2D eigenvalue weighted by Gasteiger charge is 2.20. The van der Waals surface area contributed by atoms with Crippen molar-refractivity contribution in [1.29, 1.82) is 0 Å². The Labute approximate surface area is 122 Å². The van der Waals surface area contributed by atoms with Gasteiger partial charge < -0.3 is 14.2 Å².